The number of nitrogens with one attached hydrogen (secondary N) is 2. The molecule has 0 aromatic heterocycles. The summed E-state index contributed by atoms with van der Waals surface area (Å²) < 4.78 is 11.4. The monoisotopic (exact) mass is 403 g/mol. The van der Waals surface area contributed by atoms with E-state index in [9.17, 15) is 14.4 Å². The molecule has 0 bridgehead atoms. The molecular weight excluding hydrogens is 374 g/mol. The van der Waals surface area contributed by atoms with Crippen LogP contribution in [-0.4, -0.2) is 41.6 Å². The Kier molecular flexibility index (Phi) is 6.61. The SMILES string of the molecule is CCCOc1ccc(C(=O)NN2C(=O)NC3(CCCCC3)C2=O)cc1OCCC. The molecule has 0 radical (unpaired) electrons. The topological polar surface area (TPSA) is 97.0 Å². The van der Waals surface area contributed by atoms with Crippen molar-refractivity contribution < 1.29 is 23.9 Å². The fourth-order valence-electron chi connectivity index (χ4n) is 3.69. The van der Waals surface area contributed by atoms with Crippen LogP contribution in [0.5, 0.6) is 11.5 Å². The Morgan fingerprint density at radius 1 is 1.07 bits per heavy atom. The Morgan fingerprint density at radius 2 is 1.72 bits per heavy atom. The fourth-order valence-corrected chi connectivity index (χ4v) is 3.69. The lowest BCUT2D eigenvalue weighted by atomic mass is 9.82. The molecular formula is C21H29N3O5. The third-order valence-corrected chi connectivity index (χ3v) is 5.21. The molecule has 4 amide bonds. The minimum Gasteiger partial charge on any atom is -0.490 e. The predicted molar refractivity (Wildman–Crippen MR) is 107 cm³/mol. The Hall–Kier alpha value is -2.77. The van der Waals surface area contributed by atoms with Crippen molar-refractivity contribution in [2.24, 2.45) is 0 Å². The molecule has 8 heteroatoms. The maximum Gasteiger partial charge on any atom is 0.344 e. The van der Waals surface area contributed by atoms with Crippen molar-refractivity contribution in [2.75, 3.05) is 13.2 Å². The molecule has 2 aliphatic rings. The number of ether oxygens (including phenoxy) is 2. The normalized spacial score (nSPS) is 17.9. The highest BCUT2D eigenvalue weighted by molar-refractivity contribution is 6.09. The number of rotatable bonds is 8. The smallest absolute Gasteiger partial charge is 0.344 e. The van der Waals surface area contributed by atoms with Crippen molar-refractivity contribution in [3.8, 4) is 11.5 Å². The number of urea groups is 1. The van der Waals surface area contributed by atoms with Gasteiger partial charge in [-0.25, -0.2) is 4.79 Å². The minimum atomic E-state index is -0.879. The van der Waals surface area contributed by atoms with Crippen LogP contribution >= 0.6 is 0 Å². The summed E-state index contributed by atoms with van der Waals surface area (Å²) in [7, 11) is 0. The van der Waals surface area contributed by atoms with E-state index in [2.05, 4.69) is 10.7 Å². The first-order valence-corrected chi connectivity index (χ1v) is 10.4. The highest BCUT2D eigenvalue weighted by Crippen LogP contribution is 2.33. The number of nitrogens with zero attached hydrogens (tertiary/aromatic N) is 1. The van der Waals surface area contributed by atoms with E-state index in [4.69, 9.17) is 9.47 Å². The van der Waals surface area contributed by atoms with Gasteiger partial charge >= 0.3 is 6.03 Å². The van der Waals surface area contributed by atoms with Gasteiger partial charge in [-0.05, 0) is 43.9 Å². The highest BCUT2D eigenvalue weighted by Gasteiger charge is 2.52. The first kappa shape index (κ1) is 21.0. The van der Waals surface area contributed by atoms with E-state index in [1.165, 1.54) is 0 Å². The summed E-state index contributed by atoms with van der Waals surface area (Å²) in [6.45, 7) is 5.02. The number of hydrogen-bond acceptors (Lipinski definition) is 5. The third-order valence-electron chi connectivity index (χ3n) is 5.21. The Bertz CT molecular complexity index is 774. The lowest BCUT2D eigenvalue weighted by Crippen LogP contribution is -2.50. The van der Waals surface area contributed by atoms with Gasteiger partial charge in [0, 0.05) is 5.56 Å². The predicted octanol–water partition coefficient (Wildman–Crippen LogP) is 3.16. The summed E-state index contributed by atoms with van der Waals surface area (Å²) in [6, 6.07) is 4.25. The minimum absolute atomic E-state index is 0.283. The first-order valence-electron chi connectivity index (χ1n) is 10.4. The van der Waals surface area contributed by atoms with Gasteiger partial charge in [-0.2, -0.15) is 5.01 Å². The molecule has 2 N–H and O–H groups in total. The quantitative estimate of drug-likeness (QED) is 0.650. The van der Waals surface area contributed by atoms with Gasteiger partial charge in [-0.3, -0.25) is 15.0 Å². The number of benzene rings is 1. The van der Waals surface area contributed by atoms with E-state index in [-0.39, 0.29) is 11.5 Å². The van der Waals surface area contributed by atoms with Crippen LogP contribution in [0, 0.1) is 0 Å². The molecule has 1 aromatic rings. The second kappa shape index (κ2) is 9.15. The van der Waals surface area contributed by atoms with Gasteiger partial charge in [-0.1, -0.05) is 33.1 Å². The molecule has 1 saturated heterocycles. The third kappa shape index (κ3) is 4.46. The maximum atomic E-state index is 12.8. The zero-order chi connectivity index (χ0) is 20.9. The average Bonchev–Trinajstić information content (AvgIpc) is 2.95. The van der Waals surface area contributed by atoms with Crippen LogP contribution in [0.2, 0.25) is 0 Å². The number of hydrogen-bond donors (Lipinski definition) is 2. The van der Waals surface area contributed by atoms with Gasteiger partial charge in [0.2, 0.25) is 0 Å². The molecule has 158 valence electrons. The Labute approximate surface area is 170 Å². The summed E-state index contributed by atoms with van der Waals surface area (Å²) in [5.74, 6) is 0.0903. The molecule has 0 unspecified atom stereocenters. The van der Waals surface area contributed by atoms with Crippen molar-refractivity contribution in [1.29, 1.82) is 0 Å². The van der Waals surface area contributed by atoms with Crippen molar-refractivity contribution in [3.63, 3.8) is 0 Å². The zero-order valence-corrected chi connectivity index (χ0v) is 17.1. The molecule has 1 spiro atoms. The Balaban J connectivity index is 1.74. The maximum absolute atomic E-state index is 12.8. The van der Waals surface area contributed by atoms with E-state index in [1.54, 1.807) is 18.2 Å². The van der Waals surface area contributed by atoms with Gasteiger partial charge in [-0.15, -0.1) is 0 Å². The van der Waals surface area contributed by atoms with E-state index in [1.807, 2.05) is 13.8 Å². The van der Waals surface area contributed by atoms with Crippen LogP contribution in [-0.2, 0) is 4.79 Å². The summed E-state index contributed by atoms with van der Waals surface area (Å²) >= 11 is 0. The number of carbonyl (C=O) groups excluding carboxylic acids is 3. The van der Waals surface area contributed by atoms with Gasteiger partial charge < -0.3 is 14.8 Å². The van der Waals surface area contributed by atoms with Crippen LogP contribution in [0.25, 0.3) is 0 Å². The van der Waals surface area contributed by atoms with Gasteiger partial charge in [0.1, 0.15) is 5.54 Å². The number of hydrazine groups is 1. The second-order valence-corrected chi connectivity index (χ2v) is 7.51. The van der Waals surface area contributed by atoms with Crippen LogP contribution in [0.1, 0.15) is 69.2 Å². The van der Waals surface area contributed by atoms with E-state index >= 15 is 0 Å². The van der Waals surface area contributed by atoms with E-state index in [0.717, 1.165) is 37.1 Å². The van der Waals surface area contributed by atoms with E-state index in [0.29, 0.717) is 37.6 Å². The van der Waals surface area contributed by atoms with Crippen molar-refractivity contribution >= 4 is 17.8 Å². The van der Waals surface area contributed by atoms with Crippen LogP contribution in [0.3, 0.4) is 0 Å². The summed E-state index contributed by atoms with van der Waals surface area (Å²) in [4.78, 5) is 37.9. The number of imide groups is 1. The number of carbonyl (C=O) groups is 3. The fraction of sp³-hybridized carbons (Fsp3) is 0.571. The number of amides is 4. The van der Waals surface area contributed by atoms with Crippen molar-refractivity contribution in [2.45, 2.75) is 64.3 Å². The van der Waals surface area contributed by atoms with Crippen molar-refractivity contribution in [3.05, 3.63) is 23.8 Å². The van der Waals surface area contributed by atoms with Crippen LogP contribution < -0.4 is 20.2 Å². The highest BCUT2D eigenvalue weighted by atomic mass is 16.5. The summed E-state index contributed by atoms with van der Waals surface area (Å²) in [5, 5.41) is 3.58. The summed E-state index contributed by atoms with van der Waals surface area (Å²) in [6.07, 6.45) is 5.67. The Morgan fingerprint density at radius 3 is 2.38 bits per heavy atom. The lowest BCUT2D eigenvalue weighted by molar-refractivity contribution is -0.134. The molecule has 8 nitrogen and oxygen atoms in total. The van der Waals surface area contributed by atoms with Crippen LogP contribution in [0.4, 0.5) is 4.79 Å². The molecule has 1 aliphatic carbocycles. The molecule has 3 rings (SSSR count). The summed E-state index contributed by atoms with van der Waals surface area (Å²) in [5.41, 5.74) is 1.85. The van der Waals surface area contributed by atoms with E-state index < -0.39 is 17.5 Å². The first-order chi connectivity index (χ1) is 14.0. The van der Waals surface area contributed by atoms with Gasteiger partial charge in [0.05, 0.1) is 13.2 Å². The molecule has 0 atom stereocenters. The standard InChI is InChI=1S/C21H29N3O5/c1-3-12-28-16-9-8-15(14-17(16)29-13-4-2)18(25)23-24-19(26)21(22-20(24)27)10-6-5-7-11-21/h8-9,14H,3-7,10-13H2,1-2H3,(H,22,27)(H,23,25). The molecule has 1 aromatic carbocycles. The molecule has 1 heterocycles. The molecule has 2 fully saturated rings. The molecule has 29 heavy (non-hydrogen) atoms. The molecule has 1 aliphatic heterocycles. The largest absolute Gasteiger partial charge is 0.490 e. The van der Waals surface area contributed by atoms with Crippen LogP contribution in [0.15, 0.2) is 18.2 Å². The van der Waals surface area contributed by atoms with Gasteiger partial charge in [0.25, 0.3) is 11.8 Å². The lowest BCUT2D eigenvalue weighted by Gasteiger charge is -2.30. The van der Waals surface area contributed by atoms with Gasteiger partial charge in [0.15, 0.2) is 11.5 Å². The molecule has 1 saturated carbocycles. The van der Waals surface area contributed by atoms with Crippen molar-refractivity contribution in [1.82, 2.24) is 15.8 Å². The zero-order valence-electron chi connectivity index (χ0n) is 17.1. The second-order valence-electron chi connectivity index (χ2n) is 7.51. The average molecular weight is 403 g/mol.